The number of carbonyl (C=O) groups excluding carboxylic acids is 1. The molecule has 0 radical (unpaired) electrons. The third-order valence-corrected chi connectivity index (χ3v) is 2.60. The van der Waals surface area contributed by atoms with E-state index >= 15 is 0 Å². The molecule has 0 aliphatic carbocycles. The number of hydrogen-bond acceptors (Lipinski definition) is 4. The van der Waals surface area contributed by atoms with Gasteiger partial charge < -0.3 is 14.2 Å². The normalized spacial score (nSPS) is 20.4. The molecule has 3 rings (SSSR count). The molecule has 0 bridgehead atoms. The highest BCUT2D eigenvalue weighted by atomic mass is 16.7. The molecule has 0 spiro atoms. The molecule has 4 heteroatoms. The van der Waals surface area contributed by atoms with E-state index in [2.05, 4.69) is 0 Å². The lowest BCUT2D eigenvalue weighted by Gasteiger charge is -2.09. The fraction of sp³-hybridized carbons (Fsp3) is 0.364. The van der Waals surface area contributed by atoms with E-state index in [1.54, 1.807) is 6.07 Å². The fourth-order valence-electron chi connectivity index (χ4n) is 1.85. The summed E-state index contributed by atoms with van der Waals surface area (Å²) in [5.41, 5.74) is 2.51. The maximum Gasteiger partial charge on any atom is 0.338 e. The van der Waals surface area contributed by atoms with Crippen molar-refractivity contribution < 1.29 is 19.0 Å². The Morgan fingerprint density at radius 2 is 2.00 bits per heavy atom. The SMILES string of the molecule is O=C1OCc2cc(C3OCCO3)ccc21. The molecule has 1 aromatic rings. The quantitative estimate of drug-likeness (QED) is 0.651. The van der Waals surface area contributed by atoms with Crippen LogP contribution in [0.5, 0.6) is 0 Å². The Morgan fingerprint density at radius 3 is 2.80 bits per heavy atom. The van der Waals surface area contributed by atoms with Crippen LogP contribution in [-0.2, 0) is 20.8 Å². The third-order valence-electron chi connectivity index (χ3n) is 2.60. The second kappa shape index (κ2) is 3.32. The van der Waals surface area contributed by atoms with Crippen LogP contribution in [-0.4, -0.2) is 19.2 Å². The molecule has 2 aliphatic rings. The molecule has 0 N–H and O–H groups in total. The average Bonchev–Trinajstić information content (AvgIpc) is 2.88. The molecule has 1 saturated heterocycles. The second-order valence-electron chi connectivity index (χ2n) is 3.57. The van der Waals surface area contributed by atoms with Crippen molar-refractivity contribution in [2.45, 2.75) is 12.9 Å². The fourth-order valence-corrected chi connectivity index (χ4v) is 1.85. The van der Waals surface area contributed by atoms with Gasteiger partial charge in [-0.15, -0.1) is 0 Å². The summed E-state index contributed by atoms with van der Waals surface area (Å²) in [6.45, 7) is 1.60. The number of cyclic esters (lactones) is 1. The molecule has 0 amide bonds. The van der Waals surface area contributed by atoms with Crippen LogP contribution in [0.2, 0.25) is 0 Å². The van der Waals surface area contributed by atoms with E-state index in [1.165, 1.54) is 0 Å². The highest BCUT2D eigenvalue weighted by Crippen LogP contribution is 2.28. The first-order valence-electron chi connectivity index (χ1n) is 4.88. The van der Waals surface area contributed by atoms with Crippen molar-refractivity contribution in [2.24, 2.45) is 0 Å². The zero-order valence-corrected chi connectivity index (χ0v) is 8.06. The van der Waals surface area contributed by atoms with Crippen molar-refractivity contribution >= 4 is 5.97 Å². The summed E-state index contributed by atoms with van der Waals surface area (Å²) in [5, 5.41) is 0. The van der Waals surface area contributed by atoms with Crippen LogP contribution < -0.4 is 0 Å². The van der Waals surface area contributed by atoms with Crippen molar-refractivity contribution in [3.63, 3.8) is 0 Å². The maximum atomic E-state index is 11.2. The van der Waals surface area contributed by atoms with Gasteiger partial charge in [-0.1, -0.05) is 6.07 Å². The highest BCUT2D eigenvalue weighted by molar-refractivity contribution is 5.93. The first kappa shape index (κ1) is 8.88. The van der Waals surface area contributed by atoms with Gasteiger partial charge in [0.15, 0.2) is 6.29 Å². The van der Waals surface area contributed by atoms with Gasteiger partial charge >= 0.3 is 5.97 Å². The molecule has 0 unspecified atom stereocenters. The average molecular weight is 206 g/mol. The van der Waals surface area contributed by atoms with E-state index < -0.39 is 0 Å². The van der Waals surface area contributed by atoms with Gasteiger partial charge in [-0.2, -0.15) is 0 Å². The molecule has 1 fully saturated rings. The lowest BCUT2D eigenvalue weighted by molar-refractivity contribution is -0.0441. The number of carbonyl (C=O) groups is 1. The molecule has 0 saturated carbocycles. The topological polar surface area (TPSA) is 44.8 Å². The summed E-state index contributed by atoms with van der Waals surface area (Å²) in [4.78, 5) is 11.2. The molecule has 0 atom stereocenters. The lowest BCUT2D eigenvalue weighted by Crippen LogP contribution is -2.00. The van der Waals surface area contributed by atoms with E-state index in [9.17, 15) is 4.79 Å². The van der Waals surface area contributed by atoms with E-state index in [-0.39, 0.29) is 12.3 Å². The maximum absolute atomic E-state index is 11.2. The van der Waals surface area contributed by atoms with Gasteiger partial charge in [0.05, 0.1) is 18.8 Å². The summed E-state index contributed by atoms with van der Waals surface area (Å²) in [6.07, 6.45) is -0.286. The molecule has 2 heterocycles. The Kier molecular flexibility index (Phi) is 1.97. The van der Waals surface area contributed by atoms with Crippen LogP contribution in [0.25, 0.3) is 0 Å². The Labute approximate surface area is 86.7 Å². The predicted molar refractivity (Wildman–Crippen MR) is 50.2 cm³/mol. The number of esters is 1. The highest BCUT2D eigenvalue weighted by Gasteiger charge is 2.24. The van der Waals surface area contributed by atoms with E-state index in [1.807, 2.05) is 12.1 Å². The standard InChI is InChI=1S/C11H10O4/c12-10-9-2-1-7(5-8(9)6-15-10)11-13-3-4-14-11/h1-2,5,11H,3-4,6H2. The molecule has 1 aromatic carbocycles. The van der Waals surface area contributed by atoms with Gasteiger partial charge in [-0.25, -0.2) is 4.79 Å². The zero-order chi connectivity index (χ0) is 10.3. The minimum absolute atomic E-state index is 0.246. The van der Waals surface area contributed by atoms with Crippen molar-refractivity contribution in [1.82, 2.24) is 0 Å². The summed E-state index contributed by atoms with van der Waals surface area (Å²) in [7, 11) is 0. The van der Waals surface area contributed by atoms with E-state index in [0.717, 1.165) is 11.1 Å². The summed E-state index contributed by atoms with van der Waals surface area (Å²) in [6, 6.07) is 5.53. The molecule has 78 valence electrons. The van der Waals surface area contributed by atoms with Crippen molar-refractivity contribution in [3.05, 3.63) is 34.9 Å². The Morgan fingerprint density at radius 1 is 1.20 bits per heavy atom. The van der Waals surface area contributed by atoms with Crippen LogP contribution in [0, 0.1) is 0 Å². The van der Waals surface area contributed by atoms with Crippen LogP contribution in [0.1, 0.15) is 27.8 Å². The van der Waals surface area contributed by atoms with Gasteiger partial charge in [-0.05, 0) is 12.1 Å². The molecule has 4 nitrogen and oxygen atoms in total. The molecule has 2 aliphatic heterocycles. The summed E-state index contributed by atoms with van der Waals surface area (Å²) in [5.74, 6) is -0.246. The summed E-state index contributed by atoms with van der Waals surface area (Å²) < 4.78 is 15.7. The van der Waals surface area contributed by atoms with Crippen molar-refractivity contribution in [1.29, 1.82) is 0 Å². The number of ether oxygens (including phenoxy) is 3. The molecular weight excluding hydrogens is 196 g/mol. The zero-order valence-electron chi connectivity index (χ0n) is 8.06. The molecule has 15 heavy (non-hydrogen) atoms. The lowest BCUT2D eigenvalue weighted by atomic mass is 10.1. The first-order chi connectivity index (χ1) is 7.34. The first-order valence-corrected chi connectivity index (χ1v) is 4.88. The largest absolute Gasteiger partial charge is 0.457 e. The summed E-state index contributed by atoms with van der Waals surface area (Å²) >= 11 is 0. The minimum atomic E-state index is -0.286. The van der Waals surface area contributed by atoms with E-state index in [0.29, 0.717) is 25.4 Å². The van der Waals surface area contributed by atoms with E-state index in [4.69, 9.17) is 14.2 Å². The number of hydrogen-bond donors (Lipinski definition) is 0. The Bertz CT molecular complexity index is 407. The van der Waals surface area contributed by atoms with Crippen LogP contribution >= 0.6 is 0 Å². The van der Waals surface area contributed by atoms with Gasteiger partial charge in [0.1, 0.15) is 6.61 Å². The monoisotopic (exact) mass is 206 g/mol. The van der Waals surface area contributed by atoms with Crippen LogP contribution in [0.4, 0.5) is 0 Å². The van der Waals surface area contributed by atoms with Crippen LogP contribution in [0.3, 0.4) is 0 Å². The Balaban J connectivity index is 1.95. The number of fused-ring (bicyclic) bond motifs is 1. The number of benzene rings is 1. The van der Waals surface area contributed by atoms with Gasteiger partial charge in [-0.3, -0.25) is 0 Å². The number of rotatable bonds is 1. The predicted octanol–water partition coefficient (Wildman–Crippen LogP) is 1.40. The third kappa shape index (κ3) is 1.42. The van der Waals surface area contributed by atoms with Gasteiger partial charge in [0.25, 0.3) is 0 Å². The Hall–Kier alpha value is -1.39. The van der Waals surface area contributed by atoms with Crippen LogP contribution in [0.15, 0.2) is 18.2 Å². The van der Waals surface area contributed by atoms with Gasteiger partial charge in [0.2, 0.25) is 0 Å². The van der Waals surface area contributed by atoms with Crippen molar-refractivity contribution in [3.8, 4) is 0 Å². The molecule has 0 aromatic heterocycles. The smallest absolute Gasteiger partial charge is 0.338 e. The minimum Gasteiger partial charge on any atom is -0.457 e. The second-order valence-corrected chi connectivity index (χ2v) is 3.57. The molecular formula is C11H10O4. The van der Waals surface area contributed by atoms with Gasteiger partial charge in [0, 0.05) is 11.1 Å². The van der Waals surface area contributed by atoms with Crippen molar-refractivity contribution in [2.75, 3.05) is 13.2 Å².